The molecule has 0 spiro atoms. The molecule has 0 unspecified atom stereocenters. The minimum absolute atomic E-state index is 0.225. The van der Waals surface area contributed by atoms with E-state index in [0.717, 1.165) is 19.0 Å². The molecule has 2 rings (SSSR count). The molecular formula is C12H14BrFN2O2. The van der Waals surface area contributed by atoms with E-state index in [4.69, 9.17) is 4.74 Å². The fraction of sp³-hybridized carbons (Fsp3) is 0.500. The SMILES string of the molecule is O=C(NC1(CBr)CCOCC1)c1ccc(F)cn1. The Balaban J connectivity index is 2.07. The summed E-state index contributed by atoms with van der Waals surface area (Å²) in [6, 6.07) is 2.61. The van der Waals surface area contributed by atoms with Gasteiger partial charge in [-0.05, 0) is 25.0 Å². The highest BCUT2D eigenvalue weighted by molar-refractivity contribution is 9.09. The number of amides is 1. The number of carbonyl (C=O) groups excluding carboxylic acids is 1. The molecule has 4 nitrogen and oxygen atoms in total. The van der Waals surface area contributed by atoms with E-state index in [1.807, 2.05) is 0 Å². The van der Waals surface area contributed by atoms with Crippen molar-refractivity contribution >= 4 is 21.8 Å². The summed E-state index contributed by atoms with van der Waals surface area (Å²) in [7, 11) is 0. The van der Waals surface area contributed by atoms with Crippen molar-refractivity contribution in [3.8, 4) is 0 Å². The van der Waals surface area contributed by atoms with E-state index in [1.165, 1.54) is 12.1 Å². The van der Waals surface area contributed by atoms with E-state index in [1.54, 1.807) is 0 Å². The van der Waals surface area contributed by atoms with Gasteiger partial charge >= 0.3 is 0 Å². The third-order valence-corrected chi connectivity index (χ3v) is 4.12. The molecule has 0 radical (unpaired) electrons. The quantitative estimate of drug-likeness (QED) is 0.866. The molecule has 1 amide bonds. The lowest BCUT2D eigenvalue weighted by Crippen LogP contribution is -2.53. The van der Waals surface area contributed by atoms with Crippen molar-refractivity contribution in [1.82, 2.24) is 10.3 Å². The van der Waals surface area contributed by atoms with Gasteiger partial charge in [-0.25, -0.2) is 9.37 Å². The van der Waals surface area contributed by atoms with Crippen LogP contribution in [0.25, 0.3) is 0 Å². The van der Waals surface area contributed by atoms with E-state index in [0.29, 0.717) is 18.5 Å². The number of ether oxygens (including phenoxy) is 1. The van der Waals surface area contributed by atoms with Crippen molar-refractivity contribution in [2.45, 2.75) is 18.4 Å². The van der Waals surface area contributed by atoms with Crippen LogP contribution in [0.3, 0.4) is 0 Å². The van der Waals surface area contributed by atoms with Gasteiger partial charge in [0.2, 0.25) is 0 Å². The zero-order chi connectivity index (χ0) is 13.0. The highest BCUT2D eigenvalue weighted by Crippen LogP contribution is 2.23. The molecule has 1 saturated heterocycles. The van der Waals surface area contributed by atoms with Gasteiger partial charge in [0.1, 0.15) is 11.5 Å². The van der Waals surface area contributed by atoms with Crippen LogP contribution in [0.5, 0.6) is 0 Å². The molecule has 6 heteroatoms. The number of pyridine rings is 1. The maximum Gasteiger partial charge on any atom is 0.270 e. The molecule has 1 fully saturated rings. The number of halogens is 2. The third kappa shape index (κ3) is 3.05. The number of rotatable bonds is 3. The van der Waals surface area contributed by atoms with Crippen LogP contribution in [0.15, 0.2) is 18.3 Å². The monoisotopic (exact) mass is 316 g/mol. The van der Waals surface area contributed by atoms with E-state index in [9.17, 15) is 9.18 Å². The zero-order valence-electron chi connectivity index (χ0n) is 9.79. The first kappa shape index (κ1) is 13.4. The molecule has 1 aromatic rings. The standard InChI is InChI=1S/C12H14BrFN2O2/c13-8-12(3-5-18-6-4-12)16-11(17)10-2-1-9(14)7-15-10/h1-2,7H,3-6,8H2,(H,16,17). The second-order valence-corrected chi connectivity index (χ2v) is 4.90. The minimum Gasteiger partial charge on any atom is -0.381 e. The zero-order valence-corrected chi connectivity index (χ0v) is 11.4. The summed E-state index contributed by atoms with van der Waals surface area (Å²) in [5.74, 6) is -0.732. The highest BCUT2D eigenvalue weighted by Gasteiger charge is 2.33. The number of hydrogen-bond acceptors (Lipinski definition) is 3. The Morgan fingerprint density at radius 2 is 2.22 bits per heavy atom. The first-order valence-corrected chi connectivity index (χ1v) is 6.85. The van der Waals surface area contributed by atoms with Crippen molar-refractivity contribution in [1.29, 1.82) is 0 Å². The number of alkyl halides is 1. The fourth-order valence-electron chi connectivity index (χ4n) is 1.87. The van der Waals surface area contributed by atoms with Gasteiger partial charge in [-0.2, -0.15) is 0 Å². The number of nitrogens with one attached hydrogen (secondary N) is 1. The summed E-state index contributed by atoms with van der Waals surface area (Å²) >= 11 is 3.43. The molecular weight excluding hydrogens is 303 g/mol. The van der Waals surface area contributed by atoms with Gasteiger partial charge in [0.15, 0.2) is 0 Å². The van der Waals surface area contributed by atoms with E-state index in [2.05, 4.69) is 26.2 Å². The molecule has 0 aliphatic carbocycles. The maximum atomic E-state index is 12.7. The number of aromatic nitrogens is 1. The summed E-state index contributed by atoms with van der Waals surface area (Å²) in [5.41, 5.74) is -0.0750. The lowest BCUT2D eigenvalue weighted by atomic mass is 9.92. The van der Waals surface area contributed by atoms with Crippen molar-refractivity contribution < 1.29 is 13.9 Å². The molecule has 0 saturated carbocycles. The van der Waals surface area contributed by atoms with Crippen molar-refractivity contribution in [2.24, 2.45) is 0 Å². The third-order valence-electron chi connectivity index (χ3n) is 3.04. The summed E-state index contributed by atoms with van der Waals surface area (Å²) in [6.07, 6.45) is 2.55. The molecule has 1 N–H and O–H groups in total. The average Bonchev–Trinajstić information content (AvgIpc) is 2.40. The van der Waals surface area contributed by atoms with Gasteiger partial charge in [0.05, 0.1) is 11.7 Å². The van der Waals surface area contributed by atoms with E-state index < -0.39 is 5.82 Å². The molecule has 2 heterocycles. The Bertz CT molecular complexity index is 419. The molecule has 1 aromatic heterocycles. The van der Waals surface area contributed by atoms with Gasteiger partial charge in [-0.15, -0.1) is 0 Å². The summed E-state index contributed by atoms with van der Waals surface area (Å²) in [6.45, 7) is 1.26. The van der Waals surface area contributed by atoms with Crippen molar-refractivity contribution in [3.05, 3.63) is 29.8 Å². The van der Waals surface area contributed by atoms with Gasteiger partial charge in [-0.1, -0.05) is 15.9 Å². The van der Waals surface area contributed by atoms with Gasteiger partial charge in [0.25, 0.3) is 5.91 Å². The second-order valence-electron chi connectivity index (χ2n) is 4.34. The Hall–Kier alpha value is -1.01. The Morgan fingerprint density at radius 3 is 2.78 bits per heavy atom. The largest absolute Gasteiger partial charge is 0.381 e. The maximum absolute atomic E-state index is 12.7. The molecule has 1 aliphatic heterocycles. The van der Waals surface area contributed by atoms with E-state index in [-0.39, 0.29) is 17.1 Å². The van der Waals surface area contributed by atoms with Gasteiger partial charge in [-0.3, -0.25) is 4.79 Å². The average molecular weight is 317 g/mol. The Labute approximate surface area is 113 Å². The molecule has 18 heavy (non-hydrogen) atoms. The van der Waals surface area contributed by atoms with Crippen LogP contribution in [0.2, 0.25) is 0 Å². The number of nitrogens with zero attached hydrogens (tertiary/aromatic N) is 1. The summed E-state index contributed by atoms with van der Waals surface area (Å²) < 4.78 is 18.0. The van der Waals surface area contributed by atoms with Crippen LogP contribution >= 0.6 is 15.9 Å². The summed E-state index contributed by atoms with van der Waals surface area (Å²) in [5, 5.41) is 3.63. The van der Waals surface area contributed by atoms with E-state index >= 15 is 0 Å². The minimum atomic E-state index is -0.451. The van der Waals surface area contributed by atoms with Gasteiger partial charge < -0.3 is 10.1 Å². The smallest absolute Gasteiger partial charge is 0.270 e. The Morgan fingerprint density at radius 1 is 1.50 bits per heavy atom. The molecule has 0 bridgehead atoms. The first-order chi connectivity index (χ1) is 8.65. The summed E-state index contributed by atoms with van der Waals surface area (Å²) in [4.78, 5) is 15.8. The van der Waals surface area contributed by atoms with Crippen LogP contribution < -0.4 is 5.32 Å². The molecule has 0 atom stereocenters. The Kier molecular flexibility index (Phi) is 4.29. The molecule has 98 valence electrons. The van der Waals surface area contributed by atoms with Crippen molar-refractivity contribution in [2.75, 3.05) is 18.5 Å². The second kappa shape index (κ2) is 5.75. The molecule has 1 aliphatic rings. The van der Waals surface area contributed by atoms with Crippen LogP contribution in [-0.2, 0) is 4.74 Å². The van der Waals surface area contributed by atoms with Crippen LogP contribution in [0.1, 0.15) is 23.3 Å². The number of hydrogen-bond donors (Lipinski definition) is 1. The van der Waals surface area contributed by atoms with Crippen LogP contribution in [-0.4, -0.2) is 35.0 Å². The normalized spacial score (nSPS) is 18.3. The first-order valence-electron chi connectivity index (χ1n) is 5.73. The highest BCUT2D eigenvalue weighted by atomic mass is 79.9. The predicted molar refractivity (Wildman–Crippen MR) is 68.2 cm³/mol. The fourth-order valence-corrected chi connectivity index (χ4v) is 2.57. The number of carbonyl (C=O) groups is 1. The van der Waals surface area contributed by atoms with Crippen LogP contribution in [0, 0.1) is 5.82 Å². The van der Waals surface area contributed by atoms with Crippen LogP contribution in [0.4, 0.5) is 4.39 Å². The van der Waals surface area contributed by atoms with Crippen molar-refractivity contribution in [3.63, 3.8) is 0 Å². The predicted octanol–water partition coefficient (Wildman–Crippen LogP) is 1.89. The van der Waals surface area contributed by atoms with Gasteiger partial charge in [0, 0.05) is 18.5 Å². The molecule has 0 aromatic carbocycles. The topological polar surface area (TPSA) is 51.2 Å². The lowest BCUT2D eigenvalue weighted by Gasteiger charge is -2.36. The lowest BCUT2D eigenvalue weighted by molar-refractivity contribution is 0.0440.